The SMILES string of the molecule is CCOC(=O)C1CCCN(C(=O)c2ccc(C)c(NC(=O)c3nsc4ccccc34)c2)C1. The van der Waals surface area contributed by atoms with Gasteiger partial charge >= 0.3 is 5.97 Å². The van der Waals surface area contributed by atoms with Gasteiger partial charge in [0.05, 0.1) is 17.2 Å². The van der Waals surface area contributed by atoms with Crippen LogP contribution < -0.4 is 5.32 Å². The zero-order valence-corrected chi connectivity index (χ0v) is 18.9. The first-order valence-electron chi connectivity index (χ1n) is 10.7. The Hall–Kier alpha value is -3.26. The Labute approximate surface area is 190 Å². The van der Waals surface area contributed by atoms with Crippen LogP contribution in [0.5, 0.6) is 0 Å². The summed E-state index contributed by atoms with van der Waals surface area (Å²) in [4.78, 5) is 39.8. The van der Waals surface area contributed by atoms with E-state index in [9.17, 15) is 14.4 Å². The van der Waals surface area contributed by atoms with E-state index in [1.165, 1.54) is 11.5 Å². The van der Waals surface area contributed by atoms with Gasteiger partial charge in [-0.25, -0.2) is 0 Å². The highest BCUT2D eigenvalue weighted by Gasteiger charge is 2.30. The van der Waals surface area contributed by atoms with Crippen LogP contribution in [0.15, 0.2) is 42.5 Å². The number of likely N-dealkylation sites (tertiary alicyclic amines) is 1. The molecule has 0 radical (unpaired) electrons. The molecule has 0 spiro atoms. The third kappa shape index (κ3) is 4.50. The Morgan fingerprint density at radius 3 is 2.84 bits per heavy atom. The van der Waals surface area contributed by atoms with Crippen molar-refractivity contribution in [3.05, 3.63) is 59.3 Å². The van der Waals surface area contributed by atoms with E-state index in [1.807, 2.05) is 37.3 Å². The zero-order chi connectivity index (χ0) is 22.7. The fraction of sp³-hybridized carbons (Fsp3) is 0.333. The van der Waals surface area contributed by atoms with Gasteiger partial charge in [-0.3, -0.25) is 14.4 Å². The average Bonchev–Trinajstić information content (AvgIpc) is 3.24. The lowest BCUT2D eigenvalue weighted by molar-refractivity contribution is -0.149. The van der Waals surface area contributed by atoms with Crippen molar-refractivity contribution in [2.75, 3.05) is 25.0 Å². The molecule has 1 aromatic heterocycles. The number of benzene rings is 2. The number of amides is 2. The molecule has 1 aliphatic heterocycles. The van der Waals surface area contributed by atoms with Crippen molar-refractivity contribution in [3.8, 4) is 0 Å². The summed E-state index contributed by atoms with van der Waals surface area (Å²) in [5, 5.41) is 3.71. The Kier molecular flexibility index (Phi) is 6.50. The van der Waals surface area contributed by atoms with Crippen molar-refractivity contribution in [2.45, 2.75) is 26.7 Å². The van der Waals surface area contributed by atoms with Crippen LogP contribution in [0.2, 0.25) is 0 Å². The molecular weight excluding hydrogens is 426 g/mol. The molecule has 166 valence electrons. The van der Waals surface area contributed by atoms with Crippen LogP contribution in [-0.4, -0.2) is 46.8 Å². The van der Waals surface area contributed by atoms with E-state index >= 15 is 0 Å². The number of ether oxygens (including phenoxy) is 1. The van der Waals surface area contributed by atoms with Crippen molar-refractivity contribution in [3.63, 3.8) is 0 Å². The van der Waals surface area contributed by atoms with Gasteiger partial charge in [-0.15, -0.1) is 0 Å². The fourth-order valence-corrected chi connectivity index (χ4v) is 4.69. The van der Waals surface area contributed by atoms with Crippen LogP contribution in [0.4, 0.5) is 5.69 Å². The zero-order valence-electron chi connectivity index (χ0n) is 18.1. The molecule has 1 saturated heterocycles. The van der Waals surface area contributed by atoms with E-state index in [-0.39, 0.29) is 23.7 Å². The van der Waals surface area contributed by atoms with E-state index < -0.39 is 0 Å². The number of esters is 1. The molecule has 32 heavy (non-hydrogen) atoms. The van der Waals surface area contributed by atoms with E-state index in [0.29, 0.717) is 36.6 Å². The first-order chi connectivity index (χ1) is 15.5. The third-order valence-electron chi connectivity index (χ3n) is 5.65. The summed E-state index contributed by atoms with van der Waals surface area (Å²) in [6.07, 6.45) is 1.47. The number of anilines is 1. The fourth-order valence-electron chi connectivity index (χ4n) is 3.92. The molecule has 0 saturated carbocycles. The predicted octanol–water partition coefficient (Wildman–Crippen LogP) is 4.27. The van der Waals surface area contributed by atoms with Crippen LogP contribution in [0, 0.1) is 12.8 Å². The lowest BCUT2D eigenvalue weighted by Gasteiger charge is -2.31. The standard InChI is InChI=1S/C24H25N3O4S/c1-3-31-24(30)17-7-6-12-27(14-17)23(29)16-11-10-15(2)19(13-16)25-22(28)21-18-8-4-5-9-20(18)32-26-21/h4-5,8-11,13,17H,3,6-7,12,14H2,1-2H3,(H,25,28). The molecule has 0 aliphatic carbocycles. The second kappa shape index (κ2) is 9.48. The van der Waals surface area contributed by atoms with Gasteiger partial charge < -0.3 is 15.0 Å². The molecule has 4 rings (SSSR count). The lowest BCUT2D eigenvalue weighted by atomic mass is 9.97. The number of rotatable bonds is 5. The van der Waals surface area contributed by atoms with Crippen LogP contribution in [0.25, 0.3) is 10.1 Å². The van der Waals surface area contributed by atoms with Gasteiger partial charge in [0.2, 0.25) is 0 Å². The summed E-state index contributed by atoms with van der Waals surface area (Å²) in [5.41, 5.74) is 2.25. The lowest BCUT2D eigenvalue weighted by Crippen LogP contribution is -2.42. The van der Waals surface area contributed by atoms with Gasteiger partial charge in [-0.05, 0) is 62.0 Å². The van der Waals surface area contributed by atoms with E-state index in [0.717, 1.165) is 28.5 Å². The van der Waals surface area contributed by atoms with Crippen LogP contribution in [-0.2, 0) is 9.53 Å². The van der Waals surface area contributed by atoms with E-state index in [4.69, 9.17) is 4.74 Å². The number of aryl methyl sites for hydroxylation is 1. The summed E-state index contributed by atoms with van der Waals surface area (Å²) in [7, 11) is 0. The second-order valence-corrected chi connectivity index (χ2v) is 8.66. The minimum Gasteiger partial charge on any atom is -0.466 e. The van der Waals surface area contributed by atoms with Crippen LogP contribution in [0.1, 0.15) is 46.2 Å². The molecular formula is C24H25N3O4S. The molecule has 8 heteroatoms. The van der Waals surface area contributed by atoms with Gasteiger partial charge in [0, 0.05) is 29.7 Å². The molecule has 2 aromatic carbocycles. The highest BCUT2D eigenvalue weighted by Crippen LogP contribution is 2.25. The van der Waals surface area contributed by atoms with E-state index in [2.05, 4.69) is 9.69 Å². The molecule has 0 bridgehead atoms. The topological polar surface area (TPSA) is 88.6 Å². The molecule has 1 fully saturated rings. The Bertz CT molecular complexity index is 1170. The minimum absolute atomic E-state index is 0.159. The van der Waals surface area contributed by atoms with E-state index in [1.54, 1.807) is 24.0 Å². The van der Waals surface area contributed by atoms with Gasteiger partial charge in [0.15, 0.2) is 0 Å². The first-order valence-corrected chi connectivity index (χ1v) is 11.5. The molecule has 2 amide bonds. The molecule has 3 aromatic rings. The highest BCUT2D eigenvalue weighted by atomic mass is 32.1. The molecule has 1 atom stereocenters. The average molecular weight is 452 g/mol. The molecule has 1 unspecified atom stereocenters. The number of carbonyl (C=O) groups is 3. The molecule has 1 N–H and O–H groups in total. The number of hydrogen-bond donors (Lipinski definition) is 1. The highest BCUT2D eigenvalue weighted by molar-refractivity contribution is 7.13. The Morgan fingerprint density at radius 1 is 1.22 bits per heavy atom. The summed E-state index contributed by atoms with van der Waals surface area (Å²) in [5.74, 6) is -1.02. The van der Waals surface area contributed by atoms with Gasteiger partial charge in [0.25, 0.3) is 11.8 Å². The molecule has 7 nitrogen and oxygen atoms in total. The number of hydrogen-bond acceptors (Lipinski definition) is 6. The number of fused-ring (bicyclic) bond motifs is 1. The predicted molar refractivity (Wildman–Crippen MR) is 124 cm³/mol. The van der Waals surface area contributed by atoms with Gasteiger partial charge in [-0.2, -0.15) is 4.37 Å². The maximum absolute atomic E-state index is 13.1. The van der Waals surface area contributed by atoms with Crippen molar-refractivity contribution in [1.82, 2.24) is 9.27 Å². The quantitative estimate of drug-likeness (QED) is 0.585. The molecule has 2 heterocycles. The summed E-state index contributed by atoms with van der Waals surface area (Å²) in [6.45, 7) is 4.92. The normalized spacial score (nSPS) is 16.1. The van der Waals surface area contributed by atoms with Gasteiger partial charge in [-0.1, -0.05) is 24.3 Å². The van der Waals surface area contributed by atoms with Crippen molar-refractivity contribution in [2.24, 2.45) is 5.92 Å². The summed E-state index contributed by atoms with van der Waals surface area (Å²) < 4.78 is 10.4. The second-order valence-electron chi connectivity index (χ2n) is 7.85. The number of piperidine rings is 1. The van der Waals surface area contributed by atoms with Crippen molar-refractivity contribution >= 4 is 45.1 Å². The summed E-state index contributed by atoms with van der Waals surface area (Å²) in [6, 6.07) is 12.8. The number of aromatic nitrogens is 1. The molecule has 1 aliphatic rings. The van der Waals surface area contributed by atoms with Gasteiger partial charge in [0.1, 0.15) is 5.69 Å². The number of nitrogens with zero attached hydrogens (tertiary/aromatic N) is 2. The summed E-state index contributed by atoms with van der Waals surface area (Å²) >= 11 is 1.28. The monoisotopic (exact) mass is 451 g/mol. The Morgan fingerprint density at radius 2 is 2.03 bits per heavy atom. The van der Waals surface area contributed by atoms with Crippen LogP contribution in [0.3, 0.4) is 0 Å². The Balaban J connectivity index is 1.51. The minimum atomic E-state index is -0.310. The maximum atomic E-state index is 13.1. The number of nitrogens with one attached hydrogen (secondary N) is 1. The largest absolute Gasteiger partial charge is 0.466 e. The van der Waals surface area contributed by atoms with Crippen molar-refractivity contribution < 1.29 is 19.1 Å². The third-order valence-corrected chi connectivity index (χ3v) is 6.48. The van der Waals surface area contributed by atoms with Crippen LogP contribution >= 0.6 is 11.5 Å². The first kappa shape index (κ1) is 22.0. The maximum Gasteiger partial charge on any atom is 0.310 e. The smallest absolute Gasteiger partial charge is 0.310 e. The van der Waals surface area contributed by atoms with Crippen molar-refractivity contribution in [1.29, 1.82) is 0 Å². The number of carbonyl (C=O) groups excluding carboxylic acids is 3.